The Morgan fingerprint density at radius 1 is 0.948 bits per heavy atom. The van der Waals surface area contributed by atoms with E-state index in [1.807, 2.05) is 0 Å². The Balaban J connectivity index is 1.10. The Morgan fingerprint density at radius 2 is 1.57 bits per heavy atom. The molecule has 0 aliphatic heterocycles. The molecule has 17 nitrogen and oxygen atoms in total. The molecule has 17 heteroatoms. The van der Waals surface area contributed by atoms with E-state index in [1.165, 1.54) is 11.0 Å². The first kappa shape index (κ1) is 41.0. The summed E-state index contributed by atoms with van der Waals surface area (Å²) in [5.41, 5.74) is 1.18. The van der Waals surface area contributed by atoms with Crippen LogP contribution in [0.15, 0.2) is 28.7 Å². The van der Waals surface area contributed by atoms with Crippen molar-refractivity contribution in [3.63, 3.8) is 0 Å². The van der Waals surface area contributed by atoms with E-state index in [0.29, 0.717) is 35.4 Å². The van der Waals surface area contributed by atoms with Crippen molar-refractivity contribution in [3.05, 3.63) is 39.9 Å². The van der Waals surface area contributed by atoms with Crippen LogP contribution < -0.4 is 16.0 Å². The number of nitrogens with zero attached hydrogens (tertiary/aromatic N) is 3. The fraction of sp³-hybridized carbons (Fsp3) is 0.610. The van der Waals surface area contributed by atoms with Gasteiger partial charge in [-0.15, -0.1) is 0 Å². The van der Waals surface area contributed by atoms with Gasteiger partial charge in [0, 0.05) is 37.8 Å². The van der Waals surface area contributed by atoms with Crippen LogP contribution in [-0.4, -0.2) is 125 Å². The SMILES string of the molecule is CCCN(CC(=O)Nc1cc(N(C)C)c2c(c1O)C(=O)C1=C(O)[C@]3(O)C(=O)C(C(N)=O)=C(O)[C@@H](N(C)C)[C@@H]3C[C@@H]1C2)C(=O)OCOC(=O)C12CC3CC(CC(C3)C1)C2. The summed E-state index contributed by atoms with van der Waals surface area (Å²) in [7, 11) is 6.48. The van der Waals surface area contributed by atoms with Crippen molar-refractivity contribution in [2.24, 2.45) is 40.7 Å². The minimum atomic E-state index is -2.80. The van der Waals surface area contributed by atoms with Gasteiger partial charge in [-0.3, -0.25) is 33.8 Å². The average Bonchev–Trinajstić information content (AvgIpc) is 3.13. The van der Waals surface area contributed by atoms with Gasteiger partial charge in [0.25, 0.3) is 5.91 Å². The van der Waals surface area contributed by atoms with Gasteiger partial charge in [0.1, 0.15) is 23.6 Å². The molecule has 4 bridgehead atoms. The predicted octanol–water partition coefficient (Wildman–Crippen LogP) is 2.69. The first-order valence-corrected chi connectivity index (χ1v) is 19.9. The lowest BCUT2D eigenvalue weighted by atomic mass is 9.49. The fourth-order valence-corrected chi connectivity index (χ4v) is 11.4. The number of ether oxygens (including phenoxy) is 2. The molecule has 4 fully saturated rings. The van der Waals surface area contributed by atoms with Gasteiger partial charge in [-0.2, -0.15) is 0 Å². The molecule has 4 saturated carbocycles. The molecule has 58 heavy (non-hydrogen) atoms. The van der Waals surface area contributed by atoms with Crippen LogP contribution in [0.25, 0.3) is 0 Å². The van der Waals surface area contributed by atoms with Crippen LogP contribution in [0, 0.1) is 35.0 Å². The largest absolute Gasteiger partial charge is 0.510 e. The number of primary amides is 1. The lowest BCUT2D eigenvalue weighted by Crippen LogP contribution is -2.63. The number of hydrogen-bond donors (Lipinski definition) is 6. The third-order valence-corrected chi connectivity index (χ3v) is 13.4. The number of hydrogen-bond acceptors (Lipinski definition) is 14. The Hall–Kier alpha value is -5.16. The molecule has 0 aromatic heterocycles. The molecule has 1 aromatic carbocycles. The van der Waals surface area contributed by atoms with Crippen molar-refractivity contribution in [2.75, 3.05) is 58.3 Å². The Morgan fingerprint density at radius 3 is 2.12 bits per heavy atom. The summed E-state index contributed by atoms with van der Waals surface area (Å²) in [5.74, 6) is -7.39. The number of phenols is 1. The van der Waals surface area contributed by atoms with Crippen LogP contribution >= 0.6 is 0 Å². The number of Topliss-reactive ketones (excluding diaryl/α,β-unsaturated/α-hetero) is 2. The minimum Gasteiger partial charge on any atom is -0.510 e. The zero-order chi connectivity index (χ0) is 42.2. The van der Waals surface area contributed by atoms with Gasteiger partial charge < -0.3 is 45.9 Å². The number of carbonyl (C=O) groups is 6. The third-order valence-electron chi connectivity index (χ3n) is 13.4. The van der Waals surface area contributed by atoms with Gasteiger partial charge in [0.2, 0.25) is 18.5 Å². The van der Waals surface area contributed by atoms with Gasteiger partial charge in [0.15, 0.2) is 17.1 Å². The van der Waals surface area contributed by atoms with Gasteiger partial charge >= 0.3 is 12.1 Å². The first-order chi connectivity index (χ1) is 27.3. The number of aromatic hydroxyl groups is 1. The topological polar surface area (TPSA) is 250 Å². The van der Waals surface area contributed by atoms with E-state index in [0.717, 1.165) is 43.4 Å². The zero-order valence-corrected chi connectivity index (χ0v) is 33.5. The third kappa shape index (κ3) is 6.55. The maximum absolute atomic E-state index is 14.4. The smallest absolute Gasteiger partial charge is 0.413 e. The first-order valence-electron chi connectivity index (χ1n) is 19.9. The van der Waals surface area contributed by atoms with Crippen molar-refractivity contribution in [1.82, 2.24) is 9.80 Å². The normalized spacial score (nSPS) is 30.7. The number of ketones is 2. The maximum Gasteiger partial charge on any atom is 0.413 e. The monoisotopic (exact) mass is 807 g/mol. The summed E-state index contributed by atoms with van der Waals surface area (Å²) >= 11 is 0. The Bertz CT molecular complexity index is 2000. The second kappa shape index (κ2) is 14.9. The molecular weight excluding hydrogens is 754 g/mol. The number of aliphatic hydroxyl groups excluding tert-OH is 2. The Kier molecular flexibility index (Phi) is 10.5. The van der Waals surface area contributed by atoms with E-state index < -0.39 is 94.5 Å². The number of esters is 1. The Labute approximate surface area is 335 Å². The number of rotatable bonds is 11. The number of phenolic OH excluding ortho intramolecular Hbond substituents is 1. The molecule has 7 aliphatic carbocycles. The highest BCUT2D eigenvalue weighted by Crippen LogP contribution is 2.60. The quantitative estimate of drug-likeness (QED) is 0.0815. The summed E-state index contributed by atoms with van der Waals surface area (Å²) in [6.45, 7) is 0.802. The lowest BCUT2D eigenvalue weighted by Gasteiger charge is -2.55. The summed E-state index contributed by atoms with van der Waals surface area (Å²) in [5, 5.41) is 48.8. The van der Waals surface area contributed by atoms with Gasteiger partial charge in [-0.1, -0.05) is 6.92 Å². The summed E-state index contributed by atoms with van der Waals surface area (Å²) in [6, 6.07) is 0.343. The molecule has 7 N–H and O–H groups in total. The zero-order valence-electron chi connectivity index (χ0n) is 33.5. The average molecular weight is 808 g/mol. The number of amides is 3. The number of benzene rings is 1. The number of allylic oxidation sites excluding steroid dienone is 1. The lowest BCUT2D eigenvalue weighted by molar-refractivity contribution is -0.179. The van der Waals surface area contributed by atoms with E-state index in [4.69, 9.17) is 15.2 Å². The van der Waals surface area contributed by atoms with Crippen LogP contribution in [0.2, 0.25) is 0 Å². The molecule has 1 aromatic rings. The number of anilines is 2. The van der Waals surface area contributed by atoms with Crippen LogP contribution in [-0.2, 0) is 35.1 Å². The van der Waals surface area contributed by atoms with E-state index in [-0.39, 0.29) is 42.2 Å². The van der Waals surface area contributed by atoms with Crippen molar-refractivity contribution < 1.29 is 58.7 Å². The molecule has 0 heterocycles. The van der Waals surface area contributed by atoms with Gasteiger partial charge in [-0.05, 0) is 107 Å². The second-order valence-corrected chi connectivity index (χ2v) is 17.6. The van der Waals surface area contributed by atoms with Crippen molar-refractivity contribution in [3.8, 4) is 5.75 Å². The highest BCUT2D eigenvalue weighted by molar-refractivity contribution is 6.25. The highest BCUT2D eigenvalue weighted by Gasteiger charge is 2.63. The molecule has 0 spiro atoms. The standard InChI is InChI=1S/C41H53N5O12/c1-6-7-46(39(55)58-18-57-38(54)40-14-19-8-20(15-40)10-21(9-19)16-40)17-27(47)43-25-13-26(44(2)3)23-11-22-12-24-31(45(4)5)34(50)30(37(42)53)36(52)41(24,56)35(51)28(22)33(49)29(23)32(25)48/h13,19-22,24,31,48,50-51,56H,6-12,14-18H2,1-5H3,(H2,42,53)(H,43,47)/t19?,20?,21?,22-,24-,31-,40?,41-/m0/s1. The summed E-state index contributed by atoms with van der Waals surface area (Å²) < 4.78 is 10.8. The number of likely N-dealkylation sites (N-methyl/N-ethyl adjacent to an activating group) is 1. The van der Waals surface area contributed by atoms with Gasteiger partial charge in [0.05, 0.1) is 22.7 Å². The molecule has 8 rings (SSSR count). The van der Waals surface area contributed by atoms with Gasteiger partial charge in [-0.25, -0.2) is 4.79 Å². The molecule has 4 atom stereocenters. The number of carbonyl (C=O) groups excluding carboxylic acids is 6. The molecular formula is C41H53N5O12. The van der Waals surface area contributed by atoms with E-state index in [1.54, 1.807) is 40.0 Å². The minimum absolute atomic E-state index is 0.0490. The van der Waals surface area contributed by atoms with Crippen molar-refractivity contribution in [2.45, 2.75) is 76.4 Å². The molecule has 0 unspecified atom stereocenters. The number of nitrogens with one attached hydrogen (secondary N) is 1. The fourth-order valence-electron chi connectivity index (χ4n) is 11.4. The molecule has 0 saturated heterocycles. The van der Waals surface area contributed by atoms with E-state index in [2.05, 4.69) is 5.32 Å². The molecule has 7 aliphatic rings. The van der Waals surface area contributed by atoms with E-state index in [9.17, 15) is 49.2 Å². The molecule has 3 amide bonds. The molecule has 0 radical (unpaired) electrons. The van der Waals surface area contributed by atoms with Crippen LogP contribution in [0.4, 0.5) is 16.2 Å². The summed E-state index contributed by atoms with van der Waals surface area (Å²) in [4.78, 5) is 84.5. The maximum atomic E-state index is 14.4. The van der Waals surface area contributed by atoms with Crippen LogP contribution in [0.1, 0.15) is 74.2 Å². The van der Waals surface area contributed by atoms with Crippen molar-refractivity contribution >= 4 is 46.8 Å². The number of fused-ring (bicyclic) bond motifs is 3. The second-order valence-electron chi connectivity index (χ2n) is 17.6. The van der Waals surface area contributed by atoms with E-state index >= 15 is 0 Å². The number of aliphatic hydroxyl groups is 3. The number of nitrogens with two attached hydrogens (primary N) is 1. The highest BCUT2D eigenvalue weighted by atomic mass is 16.7. The predicted molar refractivity (Wildman–Crippen MR) is 207 cm³/mol. The van der Waals surface area contributed by atoms with Crippen molar-refractivity contribution in [1.29, 1.82) is 0 Å². The summed E-state index contributed by atoms with van der Waals surface area (Å²) in [6.07, 6.45) is 5.40. The van der Waals surface area contributed by atoms with Crippen LogP contribution in [0.5, 0.6) is 5.75 Å². The van der Waals surface area contributed by atoms with Crippen LogP contribution in [0.3, 0.4) is 0 Å². The molecule has 314 valence electrons.